The molecule has 1 amide bonds. The van der Waals surface area contributed by atoms with Crippen LogP contribution < -0.4 is 14.2 Å². The van der Waals surface area contributed by atoms with Crippen LogP contribution in [0.1, 0.15) is 37.6 Å². The highest BCUT2D eigenvalue weighted by Gasteiger charge is 2.45. The Morgan fingerprint density at radius 2 is 1.98 bits per heavy atom. The number of amidine groups is 1. The molecule has 4 heterocycles. The molecule has 0 spiro atoms. The predicted molar refractivity (Wildman–Crippen MR) is 147 cm³/mol. The molecule has 1 aromatic heterocycles. The Morgan fingerprint density at radius 3 is 2.74 bits per heavy atom. The summed E-state index contributed by atoms with van der Waals surface area (Å²) in [6.45, 7) is 3.68. The van der Waals surface area contributed by atoms with Crippen molar-refractivity contribution < 1.29 is 43.1 Å². The Balaban J connectivity index is 1.36. The number of amides is 1. The van der Waals surface area contributed by atoms with Crippen LogP contribution in [0.4, 0.5) is 5.69 Å². The maximum absolute atomic E-state index is 13.9. The number of rotatable bonds is 7. The van der Waals surface area contributed by atoms with Crippen LogP contribution >= 0.6 is 0 Å². The highest BCUT2D eigenvalue weighted by molar-refractivity contribution is 6.19. The molecule has 1 unspecified atom stereocenters. The fourth-order valence-corrected chi connectivity index (χ4v) is 5.28. The fourth-order valence-electron chi connectivity index (χ4n) is 5.28. The van der Waals surface area contributed by atoms with Gasteiger partial charge in [-0.25, -0.2) is 15.0 Å². The molecule has 1 saturated heterocycles. The summed E-state index contributed by atoms with van der Waals surface area (Å²) in [5, 5.41) is 9.62. The average molecular weight is 573 g/mol. The lowest BCUT2D eigenvalue weighted by Gasteiger charge is -2.33. The topological polar surface area (TPSA) is 140 Å². The second-order valence-corrected chi connectivity index (χ2v) is 9.64. The molecule has 0 radical (unpaired) electrons. The van der Waals surface area contributed by atoms with Crippen LogP contribution in [0.2, 0.25) is 0 Å². The maximum Gasteiger partial charge on any atom is 0.338 e. The number of nitrogens with zero attached hydrogens (tertiary/aromatic N) is 3. The van der Waals surface area contributed by atoms with E-state index in [1.807, 2.05) is 0 Å². The first kappa shape index (κ1) is 26.8. The third-order valence-corrected chi connectivity index (χ3v) is 7.17. The number of furan rings is 1. The second-order valence-electron chi connectivity index (χ2n) is 9.64. The lowest BCUT2D eigenvalue weighted by molar-refractivity contribution is -0.729. The number of hydrogen-bond acceptors (Lipinski definition) is 9. The Morgan fingerprint density at radius 1 is 1.17 bits per heavy atom. The van der Waals surface area contributed by atoms with E-state index in [1.165, 1.54) is 18.1 Å². The minimum atomic E-state index is -0.800. The standard InChI is InChI=1S/C30H26N3O9/c1-4-39-30(35)27-16(2)31-26-13-18(29(34)32(26)28(27)17-5-9-24-25(12-17)41-15-40-24)11-20-7-10-23(42-20)21-8-6-19(38-3)14-22(21)33(36)37/h5-12,14,28H,4,13,15H2,1-3H3,(H,36,37)/q+1/b18-11+. The Kier molecular flexibility index (Phi) is 6.73. The lowest BCUT2D eigenvalue weighted by Crippen LogP contribution is -2.39. The maximum atomic E-state index is 13.9. The number of carbonyl (C=O) groups excluding carboxylic acids is 2. The Labute approximate surface area is 239 Å². The lowest BCUT2D eigenvalue weighted by atomic mass is 9.94. The van der Waals surface area contributed by atoms with Gasteiger partial charge >= 0.3 is 11.7 Å². The van der Waals surface area contributed by atoms with Crippen molar-refractivity contribution in [1.82, 2.24) is 4.90 Å². The van der Waals surface area contributed by atoms with Gasteiger partial charge in [-0.2, -0.15) is 0 Å². The quantitative estimate of drug-likeness (QED) is 0.233. The Bertz CT molecular complexity index is 1730. The summed E-state index contributed by atoms with van der Waals surface area (Å²) < 4.78 is 27.4. The molecule has 3 aliphatic rings. The highest BCUT2D eigenvalue weighted by Crippen LogP contribution is 2.44. The van der Waals surface area contributed by atoms with E-state index in [-0.39, 0.29) is 41.9 Å². The zero-order chi connectivity index (χ0) is 29.5. The summed E-state index contributed by atoms with van der Waals surface area (Å²) in [5.41, 5.74) is 2.01. The number of allylic oxidation sites excluding steroid dienone is 1. The van der Waals surface area contributed by atoms with E-state index in [4.69, 9.17) is 23.4 Å². The molecule has 3 aromatic rings. The van der Waals surface area contributed by atoms with Gasteiger partial charge in [0.2, 0.25) is 6.79 Å². The molecule has 12 nitrogen and oxygen atoms in total. The molecular formula is C30H26N3O9+. The van der Waals surface area contributed by atoms with Gasteiger partial charge < -0.3 is 23.4 Å². The van der Waals surface area contributed by atoms with Crippen molar-refractivity contribution in [3.05, 3.63) is 81.6 Å². The van der Waals surface area contributed by atoms with Gasteiger partial charge in [-0.1, -0.05) is 6.07 Å². The summed E-state index contributed by atoms with van der Waals surface area (Å²) in [4.78, 5) is 44.6. The number of fused-ring (bicyclic) bond motifs is 2. The molecule has 0 saturated carbocycles. The zero-order valence-electron chi connectivity index (χ0n) is 22.9. The van der Waals surface area contributed by atoms with E-state index >= 15 is 0 Å². The van der Waals surface area contributed by atoms with Crippen LogP contribution in [0.3, 0.4) is 0 Å². The molecule has 214 valence electrons. The monoisotopic (exact) mass is 572 g/mol. The third-order valence-electron chi connectivity index (χ3n) is 7.17. The van der Waals surface area contributed by atoms with Gasteiger partial charge in [0.05, 0.1) is 47.6 Å². The smallest absolute Gasteiger partial charge is 0.338 e. The van der Waals surface area contributed by atoms with Gasteiger partial charge in [-0.15, -0.1) is 0 Å². The van der Waals surface area contributed by atoms with Crippen LogP contribution in [0.15, 0.2) is 74.8 Å². The van der Waals surface area contributed by atoms with Crippen LogP contribution in [0.25, 0.3) is 17.4 Å². The van der Waals surface area contributed by atoms with Crippen LogP contribution in [0.5, 0.6) is 17.2 Å². The minimum absolute atomic E-state index is 0.0639. The molecule has 0 aliphatic carbocycles. The number of benzene rings is 2. The van der Waals surface area contributed by atoms with E-state index in [0.717, 1.165) is 0 Å². The number of esters is 1. The van der Waals surface area contributed by atoms with E-state index in [2.05, 4.69) is 4.99 Å². The predicted octanol–water partition coefficient (Wildman–Crippen LogP) is 5.09. The molecule has 2 aromatic carbocycles. The van der Waals surface area contributed by atoms with Crippen LogP contribution in [-0.4, -0.2) is 53.3 Å². The van der Waals surface area contributed by atoms with Crippen molar-refractivity contribution in [2.24, 2.45) is 4.99 Å². The van der Waals surface area contributed by atoms with E-state index in [1.54, 1.807) is 62.4 Å². The number of carbonyl (C=O) groups is 2. The number of methoxy groups -OCH3 is 1. The number of ether oxygens (including phenoxy) is 4. The van der Waals surface area contributed by atoms with E-state index < -0.39 is 12.0 Å². The second kappa shape index (κ2) is 10.5. The fraction of sp³-hybridized carbons (Fsp3) is 0.233. The first-order chi connectivity index (χ1) is 20.3. The summed E-state index contributed by atoms with van der Waals surface area (Å²) in [5.74, 6) is 1.69. The van der Waals surface area contributed by atoms with Gasteiger partial charge in [0, 0.05) is 12.0 Å². The first-order valence-corrected chi connectivity index (χ1v) is 13.1. The van der Waals surface area contributed by atoms with Gasteiger partial charge in [0.25, 0.3) is 10.8 Å². The van der Waals surface area contributed by atoms with E-state index in [0.29, 0.717) is 57.0 Å². The van der Waals surface area contributed by atoms with E-state index in [9.17, 15) is 19.7 Å². The minimum Gasteiger partial charge on any atom is -0.496 e. The molecule has 12 heteroatoms. The van der Waals surface area contributed by atoms with Gasteiger partial charge in [-0.05, 0) is 61.9 Å². The van der Waals surface area contributed by atoms with Crippen molar-refractivity contribution in [3.63, 3.8) is 0 Å². The van der Waals surface area contributed by atoms with Crippen molar-refractivity contribution in [3.8, 4) is 28.6 Å². The average Bonchev–Trinajstić information content (AvgIpc) is 3.71. The molecule has 6 rings (SSSR count). The largest absolute Gasteiger partial charge is 0.496 e. The zero-order valence-corrected chi connectivity index (χ0v) is 22.9. The van der Waals surface area contributed by atoms with Crippen molar-refractivity contribution in [2.75, 3.05) is 20.5 Å². The third kappa shape index (κ3) is 4.56. The molecular weight excluding hydrogens is 546 g/mol. The van der Waals surface area contributed by atoms with Gasteiger partial charge in [-0.3, -0.25) is 9.69 Å². The molecule has 1 fully saturated rings. The van der Waals surface area contributed by atoms with Crippen molar-refractivity contribution >= 4 is 29.5 Å². The summed E-state index contributed by atoms with van der Waals surface area (Å²) in [6, 6.07) is 12.4. The number of aliphatic imine (C=N–C) groups is 1. The van der Waals surface area contributed by atoms with Gasteiger partial charge in [0.15, 0.2) is 11.5 Å². The summed E-state index contributed by atoms with van der Waals surface area (Å²) in [6.07, 6.45) is 1.79. The molecule has 42 heavy (non-hydrogen) atoms. The highest BCUT2D eigenvalue weighted by atomic mass is 16.7. The summed E-state index contributed by atoms with van der Waals surface area (Å²) >= 11 is 0. The SMILES string of the molecule is CCOC(=O)C1=C(C)N=C2C/C(=C\c3ccc(-c4ccc(OC)cc4[N+](=O)O)o3)C(=O)N2C1c1ccc2c(c1)OCO2. The number of hydrogen-bond donors (Lipinski definition) is 1. The normalized spacial score (nSPS) is 18.3. The van der Waals surface area contributed by atoms with Crippen LogP contribution in [-0.2, 0) is 14.3 Å². The van der Waals surface area contributed by atoms with Crippen molar-refractivity contribution in [2.45, 2.75) is 26.3 Å². The summed E-state index contributed by atoms with van der Waals surface area (Å²) in [7, 11) is 1.45. The molecule has 3 aliphatic heterocycles. The first-order valence-electron chi connectivity index (χ1n) is 13.1. The molecule has 1 atom stereocenters. The molecule has 1 N–H and O–H groups in total. The Hall–Kier alpha value is -5.39. The van der Waals surface area contributed by atoms with Crippen LogP contribution in [0, 0.1) is 4.91 Å². The van der Waals surface area contributed by atoms with Crippen molar-refractivity contribution in [1.29, 1.82) is 0 Å². The van der Waals surface area contributed by atoms with Gasteiger partial charge in [0.1, 0.15) is 23.1 Å². The molecule has 0 bridgehead atoms.